The van der Waals surface area contributed by atoms with Gasteiger partial charge in [0.2, 0.25) is 5.91 Å². The van der Waals surface area contributed by atoms with E-state index in [1.165, 1.54) is 24.8 Å². The van der Waals surface area contributed by atoms with Crippen LogP contribution in [0.2, 0.25) is 0 Å². The molecule has 0 aromatic carbocycles. The number of ketones is 1. The van der Waals surface area contributed by atoms with Crippen molar-refractivity contribution in [1.29, 1.82) is 0 Å². The molecule has 6 rings (SSSR count). The molecule has 9 nitrogen and oxygen atoms in total. The maximum absolute atomic E-state index is 14.3. The summed E-state index contributed by atoms with van der Waals surface area (Å²) < 4.78 is 6.19. The molecule has 0 aromatic rings. The molecule has 9 heteroatoms. The minimum atomic E-state index is -1.17. The molecule has 2 N–H and O–H groups in total. The zero-order valence-electron chi connectivity index (χ0n) is 36.9. The van der Waals surface area contributed by atoms with Gasteiger partial charge >= 0.3 is 11.9 Å². The van der Waals surface area contributed by atoms with Crippen molar-refractivity contribution in [3.8, 4) is 0 Å². The van der Waals surface area contributed by atoms with Crippen LogP contribution < -0.4 is 0 Å². The molecular weight excluding hydrogens is 705 g/mol. The average molecular weight is 781 g/mol. The number of aliphatic carboxylic acids is 1. The maximum Gasteiger partial charge on any atom is 0.309 e. The third kappa shape index (κ3) is 7.02. The van der Waals surface area contributed by atoms with Crippen LogP contribution in [-0.4, -0.2) is 89.1 Å². The number of ether oxygens (including phenoxy) is 1. The molecule has 1 amide bonds. The summed E-state index contributed by atoms with van der Waals surface area (Å²) in [5, 5.41) is 22.3. The van der Waals surface area contributed by atoms with Gasteiger partial charge in [-0.3, -0.25) is 24.1 Å². The van der Waals surface area contributed by atoms with E-state index in [9.17, 15) is 29.4 Å². The van der Waals surface area contributed by atoms with Gasteiger partial charge < -0.3 is 19.8 Å². The van der Waals surface area contributed by atoms with Gasteiger partial charge in [-0.2, -0.15) is 0 Å². The van der Waals surface area contributed by atoms with Crippen molar-refractivity contribution in [2.45, 2.75) is 165 Å². The summed E-state index contributed by atoms with van der Waals surface area (Å²) in [6.45, 7) is 24.1. The molecule has 6 aliphatic carbocycles. The second-order valence-corrected chi connectivity index (χ2v) is 22.1. The second-order valence-electron chi connectivity index (χ2n) is 22.1. The molecule has 0 spiro atoms. The first-order chi connectivity index (χ1) is 25.9. The second kappa shape index (κ2) is 15.1. The van der Waals surface area contributed by atoms with Crippen molar-refractivity contribution in [3.05, 3.63) is 11.1 Å². The van der Waals surface area contributed by atoms with Gasteiger partial charge in [-0.25, -0.2) is 0 Å². The highest BCUT2D eigenvalue weighted by atomic mass is 16.5. The molecule has 56 heavy (non-hydrogen) atoms. The lowest BCUT2D eigenvalue weighted by Crippen LogP contribution is -2.66. The van der Waals surface area contributed by atoms with E-state index in [1.54, 1.807) is 25.7 Å². The van der Waals surface area contributed by atoms with Crippen LogP contribution in [0.4, 0.5) is 0 Å². The number of hydrogen-bond donors (Lipinski definition) is 2. The number of carboxylic acid groups (broad SMARTS) is 1. The van der Waals surface area contributed by atoms with Gasteiger partial charge in [-0.1, -0.05) is 60.5 Å². The number of likely N-dealkylation sites (N-methyl/N-ethyl adjacent to an activating group) is 1. The van der Waals surface area contributed by atoms with Crippen LogP contribution in [0, 0.1) is 62.1 Å². The molecular formula is C47H76N2O7. The fourth-order valence-corrected chi connectivity index (χ4v) is 14.1. The van der Waals surface area contributed by atoms with Crippen LogP contribution in [0.15, 0.2) is 11.1 Å². The Kier molecular flexibility index (Phi) is 11.7. The number of allylic oxidation sites excluding steroid dienone is 1. The van der Waals surface area contributed by atoms with Gasteiger partial charge in [-0.15, -0.1) is 0 Å². The number of carbonyl (C=O) groups excluding carboxylic acids is 3. The van der Waals surface area contributed by atoms with Gasteiger partial charge in [0.1, 0.15) is 6.10 Å². The zero-order chi connectivity index (χ0) is 41.4. The van der Waals surface area contributed by atoms with Crippen molar-refractivity contribution in [2.75, 3.05) is 33.2 Å². The number of fused-ring (bicyclic) bond motifs is 7. The molecule has 0 radical (unpaired) electrons. The Morgan fingerprint density at radius 2 is 1.57 bits per heavy atom. The molecule has 0 bridgehead atoms. The van der Waals surface area contributed by atoms with Crippen LogP contribution >= 0.6 is 0 Å². The van der Waals surface area contributed by atoms with Crippen LogP contribution in [-0.2, 0) is 23.9 Å². The van der Waals surface area contributed by atoms with Crippen molar-refractivity contribution in [1.82, 2.24) is 9.80 Å². The normalized spacial score (nSPS) is 37.3. The van der Waals surface area contributed by atoms with Gasteiger partial charge in [0.05, 0.1) is 17.9 Å². The lowest BCUT2D eigenvalue weighted by atomic mass is 9.33. The van der Waals surface area contributed by atoms with E-state index < -0.39 is 28.9 Å². The van der Waals surface area contributed by atoms with E-state index in [4.69, 9.17) is 4.74 Å². The molecule has 9 atom stereocenters. The number of amides is 1. The molecule has 5 saturated carbocycles. The van der Waals surface area contributed by atoms with E-state index in [1.807, 2.05) is 7.05 Å². The summed E-state index contributed by atoms with van der Waals surface area (Å²) >= 11 is 0. The van der Waals surface area contributed by atoms with E-state index in [0.29, 0.717) is 37.3 Å². The first kappa shape index (κ1) is 43.3. The van der Waals surface area contributed by atoms with E-state index in [-0.39, 0.29) is 57.7 Å². The average Bonchev–Trinajstić information content (AvgIpc) is 3.39. The highest BCUT2D eigenvalue weighted by molar-refractivity contribution is 6.00. The fraction of sp³-hybridized carbons (Fsp3) is 0.872. The smallest absolute Gasteiger partial charge is 0.309 e. The van der Waals surface area contributed by atoms with Crippen LogP contribution in [0.1, 0.15) is 153 Å². The van der Waals surface area contributed by atoms with Gasteiger partial charge in [0, 0.05) is 57.4 Å². The molecule has 0 aliphatic heterocycles. The largest absolute Gasteiger partial charge is 0.481 e. The molecule has 0 aromatic heterocycles. The van der Waals surface area contributed by atoms with Crippen molar-refractivity contribution >= 4 is 23.6 Å². The number of Topliss-reactive ketones (excluding diaryl/α,β-unsaturated/α-hetero) is 1. The van der Waals surface area contributed by atoms with Gasteiger partial charge in [-0.05, 0) is 129 Å². The molecule has 0 saturated heterocycles. The minimum Gasteiger partial charge on any atom is -0.481 e. The van der Waals surface area contributed by atoms with E-state index >= 15 is 0 Å². The SMILES string of the molecule is CC(=O)N(C)CCN(CC1CCC1)CC(O)C12CC[C@]3(C)[C@H](CC[C@@H]4[C@@]5(C)CC[C@H](OC(=O)CC(C)(C)C(=O)O)C(C)(C)[C@H]5CC[C@]43C)C1=C(C(C)C)C(=O)C2. The molecule has 0 heterocycles. The minimum absolute atomic E-state index is 0.0289. The first-order valence-corrected chi connectivity index (χ1v) is 22.3. The molecule has 5 fully saturated rings. The monoisotopic (exact) mass is 781 g/mol. The summed E-state index contributed by atoms with van der Waals surface area (Å²) in [7, 11) is 1.85. The summed E-state index contributed by atoms with van der Waals surface area (Å²) in [5.74, 6) is 0.687. The number of nitrogens with zero attached hydrogens (tertiary/aromatic N) is 2. The lowest BCUT2D eigenvalue weighted by Gasteiger charge is -2.72. The van der Waals surface area contributed by atoms with Crippen LogP contribution in [0.3, 0.4) is 0 Å². The quantitative estimate of drug-likeness (QED) is 0.179. The Hall–Kier alpha value is -2.26. The summed E-state index contributed by atoms with van der Waals surface area (Å²) in [4.78, 5) is 55.5. The Balaban J connectivity index is 1.27. The summed E-state index contributed by atoms with van der Waals surface area (Å²) in [6, 6.07) is 0. The highest BCUT2D eigenvalue weighted by Crippen LogP contribution is 2.77. The molecule has 2 unspecified atom stereocenters. The third-order valence-corrected chi connectivity index (χ3v) is 18.0. The lowest BCUT2D eigenvalue weighted by molar-refractivity contribution is -0.235. The van der Waals surface area contributed by atoms with Gasteiger partial charge in [0.15, 0.2) is 5.78 Å². The Labute approximate surface area is 338 Å². The van der Waals surface area contributed by atoms with Crippen molar-refractivity contribution in [2.24, 2.45) is 62.1 Å². The maximum atomic E-state index is 14.3. The van der Waals surface area contributed by atoms with Crippen molar-refractivity contribution < 1.29 is 34.1 Å². The number of rotatable bonds is 13. The molecule has 316 valence electrons. The van der Waals surface area contributed by atoms with Crippen LogP contribution in [0.5, 0.6) is 0 Å². The summed E-state index contributed by atoms with van der Waals surface area (Å²) in [6.07, 6.45) is 10.8. The Bertz CT molecular complexity index is 1600. The fourth-order valence-electron chi connectivity index (χ4n) is 14.1. The topological polar surface area (TPSA) is 124 Å². The standard InChI is InChI=1S/C47H76N2O7/c1-29(2)39-33(51)25-47(36(52)28-49(27-31-13-12-14-31)24-23-48(11)30(3)50)22-21-45(9)32(40(39)47)15-16-35-44(8)19-18-37(56-38(53)26-42(4,5)41(54)55)43(6,7)34(44)17-20-46(35,45)10/h29,31-32,34-37,52H,12-28H2,1-11H3,(H,54,55)/t32-,34-,35-,36?,37+,44+,45-,46-,47?/m1/s1. The van der Waals surface area contributed by atoms with E-state index in [2.05, 4.69) is 53.4 Å². The predicted molar refractivity (Wildman–Crippen MR) is 218 cm³/mol. The third-order valence-electron chi connectivity index (χ3n) is 18.0. The number of hydrogen-bond acceptors (Lipinski definition) is 7. The number of carboxylic acids is 1. The predicted octanol–water partition coefficient (Wildman–Crippen LogP) is 8.32. The number of esters is 1. The zero-order valence-corrected chi connectivity index (χ0v) is 36.9. The highest BCUT2D eigenvalue weighted by Gasteiger charge is 2.71. The summed E-state index contributed by atoms with van der Waals surface area (Å²) in [5.41, 5.74) is 0.393. The Morgan fingerprint density at radius 3 is 2.16 bits per heavy atom. The van der Waals surface area contributed by atoms with E-state index in [0.717, 1.165) is 70.0 Å². The Morgan fingerprint density at radius 1 is 0.893 bits per heavy atom. The van der Waals surface area contributed by atoms with Gasteiger partial charge in [0.25, 0.3) is 0 Å². The molecule has 6 aliphatic rings. The number of aliphatic hydroxyl groups excluding tert-OH is 1. The first-order valence-electron chi connectivity index (χ1n) is 22.3. The van der Waals surface area contributed by atoms with Crippen LogP contribution in [0.25, 0.3) is 0 Å². The van der Waals surface area contributed by atoms with Crippen molar-refractivity contribution in [3.63, 3.8) is 0 Å². The number of carbonyl (C=O) groups is 4. The number of aliphatic hydroxyl groups is 1.